The highest BCUT2D eigenvalue weighted by Crippen LogP contribution is 2.16. The van der Waals surface area contributed by atoms with Gasteiger partial charge in [0.25, 0.3) is 5.91 Å². The first-order valence-corrected chi connectivity index (χ1v) is 12.1. The van der Waals surface area contributed by atoms with E-state index in [9.17, 15) is 9.59 Å². The molecule has 9 nitrogen and oxygen atoms in total. The largest absolute Gasteiger partial charge is 0.383 e. The zero-order valence-electron chi connectivity index (χ0n) is 18.7. The zero-order valence-corrected chi connectivity index (χ0v) is 20.3. The van der Waals surface area contributed by atoms with Gasteiger partial charge in [0.2, 0.25) is 0 Å². The number of halogens is 1. The van der Waals surface area contributed by atoms with Gasteiger partial charge in [-0.3, -0.25) is 9.69 Å². The van der Waals surface area contributed by atoms with Gasteiger partial charge in [-0.2, -0.15) is 0 Å². The van der Waals surface area contributed by atoms with E-state index in [1.165, 1.54) is 11.3 Å². The Morgan fingerprint density at radius 1 is 1.27 bits per heavy atom. The number of methoxy groups -OCH3 is 1. The first-order valence-electron chi connectivity index (χ1n) is 10.9. The maximum absolute atomic E-state index is 12.8. The minimum atomic E-state index is -0.279. The van der Waals surface area contributed by atoms with Crippen LogP contribution in [0.3, 0.4) is 0 Å². The van der Waals surface area contributed by atoms with Crippen molar-refractivity contribution >= 4 is 40.6 Å². The molecule has 33 heavy (non-hydrogen) atoms. The van der Waals surface area contributed by atoms with E-state index in [4.69, 9.17) is 21.1 Å². The fraction of sp³-hybridized carbons (Fsp3) is 0.500. The second-order valence-corrected chi connectivity index (χ2v) is 8.92. The lowest BCUT2D eigenvalue weighted by atomic mass is 10.3. The van der Waals surface area contributed by atoms with E-state index >= 15 is 0 Å². The van der Waals surface area contributed by atoms with Gasteiger partial charge in [-0.05, 0) is 37.2 Å². The molecule has 0 bridgehead atoms. The lowest BCUT2D eigenvalue weighted by Crippen LogP contribution is -2.38. The molecule has 2 N–H and O–H groups in total. The van der Waals surface area contributed by atoms with Gasteiger partial charge in [0.15, 0.2) is 0 Å². The maximum atomic E-state index is 12.8. The highest BCUT2D eigenvalue weighted by molar-refractivity contribution is 7.09. The van der Waals surface area contributed by atoms with Crippen LogP contribution in [0.5, 0.6) is 0 Å². The first-order chi connectivity index (χ1) is 16.0. The van der Waals surface area contributed by atoms with Crippen molar-refractivity contribution in [3.63, 3.8) is 0 Å². The average molecular weight is 496 g/mol. The highest BCUT2D eigenvalue weighted by atomic mass is 35.5. The fourth-order valence-electron chi connectivity index (χ4n) is 3.26. The van der Waals surface area contributed by atoms with Crippen LogP contribution in [0.15, 0.2) is 29.6 Å². The number of ether oxygens (including phenoxy) is 2. The number of carbonyl (C=O) groups excluding carboxylic acids is 2. The van der Waals surface area contributed by atoms with E-state index < -0.39 is 0 Å². The molecule has 0 saturated carbocycles. The summed E-state index contributed by atoms with van der Waals surface area (Å²) in [5, 5.41) is 8.76. The van der Waals surface area contributed by atoms with Crippen LogP contribution in [0.4, 0.5) is 10.5 Å². The number of hydrogen-bond donors (Lipinski definition) is 2. The second-order valence-electron chi connectivity index (χ2n) is 7.54. The average Bonchev–Trinajstić information content (AvgIpc) is 3.30. The summed E-state index contributed by atoms with van der Waals surface area (Å²) in [4.78, 5) is 33.6. The number of hydrogen-bond acceptors (Lipinski definition) is 7. The maximum Gasteiger partial charge on any atom is 0.322 e. The Morgan fingerprint density at radius 3 is 2.76 bits per heavy atom. The molecule has 3 amide bonds. The van der Waals surface area contributed by atoms with Crippen LogP contribution in [0.25, 0.3) is 0 Å². The number of amides is 3. The first kappa shape index (κ1) is 25.4. The number of carbonyl (C=O) groups is 2. The minimum absolute atomic E-state index is 0.200. The molecule has 180 valence electrons. The van der Waals surface area contributed by atoms with Gasteiger partial charge in [0, 0.05) is 49.4 Å². The Balaban J connectivity index is 1.48. The molecule has 0 aliphatic carbocycles. The molecule has 0 unspecified atom stereocenters. The van der Waals surface area contributed by atoms with E-state index in [2.05, 4.69) is 20.5 Å². The Bertz CT molecular complexity index is 889. The zero-order chi connectivity index (χ0) is 23.5. The molecule has 1 aliphatic heterocycles. The van der Waals surface area contributed by atoms with Crippen molar-refractivity contribution in [2.24, 2.45) is 0 Å². The number of nitrogens with zero attached hydrogens (tertiary/aromatic N) is 3. The molecule has 1 saturated heterocycles. The van der Waals surface area contributed by atoms with Crippen LogP contribution < -0.4 is 10.6 Å². The molecule has 1 aromatic heterocycles. The number of rotatable bonds is 11. The quantitative estimate of drug-likeness (QED) is 0.465. The molecule has 0 radical (unpaired) electrons. The molecule has 2 heterocycles. The van der Waals surface area contributed by atoms with E-state index in [1.807, 2.05) is 0 Å². The molecule has 11 heteroatoms. The Labute approximate surface area is 203 Å². The van der Waals surface area contributed by atoms with Crippen LogP contribution in [-0.4, -0.2) is 86.4 Å². The summed E-state index contributed by atoms with van der Waals surface area (Å²) in [6, 6.07) is 6.62. The van der Waals surface area contributed by atoms with Gasteiger partial charge >= 0.3 is 6.03 Å². The highest BCUT2D eigenvalue weighted by Gasteiger charge is 2.18. The van der Waals surface area contributed by atoms with Crippen molar-refractivity contribution in [2.45, 2.75) is 13.0 Å². The molecular formula is C22H30ClN5O4S. The second kappa shape index (κ2) is 13.5. The number of thiazole rings is 1. The topological polar surface area (TPSA) is 96.0 Å². The molecule has 2 aromatic rings. The van der Waals surface area contributed by atoms with Gasteiger partial charge in [-0.15, -0.1) is 11.3 Å². The van der Waals surface area contributed by atoms with Gasteiger partial charge in [0.05, 0.1) is 26.4 Å². The van der Waals surface area contributed by atoms with Crippen LogP contribution in [-0.2, 0) is 16.0 Å². The van der Waals surface area contributed by atoms with Gasteiger partial charge in [-0.1, -0.05) is 11.6 Å². The SMILES string of the molecule is COCCN(Cc1nc(C(=O)NCCCN2CCOCC2)cs1)C(=O)Nc1ccc(Cl)cc1. The number of morpholine rings is 1. The Morgan fingerprint density at radius 2 is 2.03 bits per heavy atom. The predicted molar refractivity (Wildman–Crippen MR) is 129 cm³/mol. The molecule has 1 fully saturated rings. The molecule has 0 spiro atoms. The van der Waals surface area contributed by atoms with Crippen LogP contribution in [0.1, 0.15) is 21.9 Å². The predicted octanol–water partition coefficient (Wildman–Crippen LogP) is 2.93. The number of nitrogens with one attached hydrogen (secondary N) is 2. The summed E-state index contributed by atoms with van der Waals surface area (Å²) in [5.41, 5.74) is 1.01. The summed E-state index contributed by atoms with van der Waals surface area (Å²) in [7, 11) is 1.58. The summed E-state index contributed by atoms with van der Waals surface area (Å²) in [5.74, 6) is -0.200. The summed E-state index contributed by atoms with van der Waals surface area (Å²) in [6.45, 7) is 5.99. The van der Waals surface area contributed by atoms with E-state index in [0.717, 1.165) is 39.3 Å². The van der Waals surface area contributed by atoms with Crippen molar-refractivity contribution in [3.05, 3.63) is 45.4 Å². The normalized spacial score (nSPS) is 14.1. The van der Waals surface area contributed by atoms with Gasteiger partial charge < -0.3 is 25.0 Å². The summed E-state index contributed by atoms with van der Waals surface area (Å²) < 4.78 is 10.5. The van der Waals surface area contributed by atoms with Gasteiger partial charge in [-0.25, -0.2) is 9.78 Å². The molecule has 0 atom stereocenters. The number of benzene rings is 1. The molecule has 1 aromatic carbocycles. The van der Waals surface area contributed by atoms with Crippen LogP contribution in [0, 0.1) is 0 Å². The number of aromatic nitrogens is 1. The molecule has 1 aliphatic rings. The van der Waals surface area contributed by atoms with Crippen molar-refractivity contribution in [1.82, 2.24) is 20.1 Å². The standard InChI is InChI=1S/C22H30ClN5O4S/c1-31-12-11-28(22(30)25-18-5-3-17(23)4-6-18)15-20-26-19(16-33-20)21(29)24-7-2-8-27-9-13-32-14-10-27/h3-6,16H,2,7-15H2,1H3,(H,24,29)(H,25,30). The van der Waals surface area contributed by atoms with Crippen molar-refractivity contribution in [1.29, 1.82) is 0 Å². The third-order valence-electron chi connectivity index (χ3n) is 5.10. The number of anilines is 1. The lowest BCUT2D eigenvalue weighted by Gasteiger charge is -2.26. The van der Waals surface area contributed by atoms with Gasteiger partial charge in [0.1, 0.15) is 10.7 Å². The fourth-order valence-corrected chi connectivity index (χ4v) is 4.18. The molecule has 3 rings (SSSR count). The van der Waals surface area contributed by atoms with E-state index in [1.54, 1.807) is 41.7 Å². The smallest absolute Gasteiger partial charge is 0.322 e. The van der Waals surface area contributed by atoms with Crippen molar-refractivity contribution in [3.8, 4) is 0 Å². The van der Waals surface area contributed by atoms with Crippen molar-refractivity contribution < 1.29 is 19.1 Å². The number of urea groups is 1. The monoisotopic (exact) mass is 495 g/mol. The van der Waals surface area contributed by atoms with Crippen LogP contribution in [0.2, 0.25) is 5.02 Å². The van der Waals surface area contributed by atoms with Crippen LogP contribution >= 0.6 is 22.9 Å². The summed E-state index contributed by atoms with van der Waals surface area (Å²) in [6.07, 6.45) is 0.873. The summed E-state index contributed by atoms with van der Waals surface area (Å²) >= 11 is 7.26. The minimum Gasteiger partial charge on any atom is -0.383 e. The third kappa shape index (κ3) is 8.56. The third-order valence-corrected chi connectivity index (χ3v) is 6.18. The molecular weight excluding hydrogens is 466 g/mol. The van der Waals surface area contributed by atoms with E-state index in [0.29, 0.717) is 41.1 Å². The van der Waals surface area contributed by atoms with Crippen molar-refractivity contribution in [2.75, 3.05) is 65.0 Å². The van der Waals surface area contributed by atoms with E-state index in [-0.39, 0.29) is 18.5 Å². The Hall–Kier alpha value is -2.24. The Kier molecular flexibility index (Phi) is 10.4. The lowest BCUT2D eigenvalue weighted by molar-refractivity contribution is 0.0374.